The topological polar surface area (TPSA) is 74.9 Å². The molecular formula is C19H27FN4O3. The summed E-state index contributed by atoms with van der Waals surface area (Å²) in [5.74, 6) is 0.147. The first-order valence-electron chi connectivity index (χ1n) is 9.62. The third-order valence-electron chi connectivity index (χ3n) is 5.50. The average molecular weight is 378 g/mol. The molecular weight excluding hydrogens is 351 g/mol. The molecule has 3 aliphatic heterocycles. The number of benzene rings is 1. The number of nitrogens with one attached hydrogen (secondary N) is 3. The fraction of sp³-hybridized carbons (Fsp3) is 0.632. The highest BCUT2D eigenvalue weighted by Gasteiger charge is 2.45. The van der Waals surface area contributed by atoms with Crippen molar-refractivity contribution >= 4 is 11.6 Å². The number of hydrogen-bond donors (Lipinski definition) is 3. The van der Waals surface area contributed by atoms with Crippen molar-refractivity contribution in [3.05, 3.63) is 30.1 Å². The molecule has 3 N–H and O–H groups in total. The molecule has 0 aliphatic carbocycles. The van der Waals surface area contributed by atoms with Gasteiger partial charge in [0.05, 0.1) is 26.4 Å². The molecule has 0 bridgehead atoms. The van der Waals surface area contributed by atoms with Crippen molar-refractivity contribution in [2.45, 2.75) is 24.5 Å². The van der Waals surface area contributed by atoms with E-state index in [4.69, 9.17) is 9.47 Å². The minimum atomic E-state index is -0.452. The average Bonchev–Trinajstić information content (AvgIpc) is 3.28. The van der Waals surface area contributed by atoms with Gasteiger partial charge in [-0.05, 0) is 31.0 Å². The molecule has 1 aromatic rings. The number of carbonyl (C=O) groups is 1. The van der Waals surface area contributed by atoms with Gasteiger partial charge in [0.2, 0.25) is 5.91 Å². The molecule has 7 nitrogen and oxygen atoms in total. The van der Waals surface area contributed by atoms with Crippen molar-refractivity contribution in [2.75, 3.05) is 51.3 Å². The van der Waals surface area contributed by atoms with E-state index in [9.17, 15) is 9.18 Å². The third-order valence-corrected chi connectivity index (χ3v) is 5.50. The van der Waals surface area contributed by atoms with E-state index in [1.807, 2.05) is 11.0 Å². The maximum Gasteiger partial charge on any atom is 0.241 e. The van der Waals surface area contributed by atoms with Crippen LogP contribution in [-0.4, -0.2) is 68.4 Å². The smallest absolute Gasteiger partial charge is 0.241 e. The van der Waals surface area contributed by atoms with Gasteiger partial charge in [0.25, 0.3) is 0 Å². The zero-order valence-electron chi connectivity index (χ0n) is 15.4. The summed E-state index contributed by atoms with van der Waals surface area (Å²) < 4.78 is 25.3. The van der Waals surface area contributed by atoms with Crippen LogP contribution in [0.15, 0.2) is 24.3 Å². The SMILES string of the molecule is O=C(C1CCNN1)N1CCOCC2(CC(CNc3cccc(F)c3)CO2)C1. The number of rotatable bonds is 4. The molecule has 0 saturated carbocycles. The molecule has 4 rings (SSSR count). The van der Waals surface area contributed by atoms with E-state index in [2.05, 4.69) is 16.2 Å². The van der Waals surface area contributed by atoms with Crippen LogP contribution >= 0.6 is 0 Å². The number of nitrogens with zero attached hydrogens (tertiary/aromatic N) is 1. The van der Waals surface area contributed by atoms with Crippen LogP contribution in [0.2, 0.25) is 0 Å². The summed E-state index contributed by atoms with van der Waals surface area (Å²) in [4.78, 5) is 14.7. The molecule has 3 aliphatic rings. The molecule has 148 valence electrons. The van der Waals surface area contributed by atoms with Crippen molar-refractivity contribution in [3.8, 4) is 0 Å². The van der Waals surface area contributed by atoms with E-state index >= 15 is 0 Å². The van der Waals surface area contributed by atoms with Crippen molar-refractivity contribution in [2.24, 2.45) is 5.92 Å². The zero-order chi connectivity index (χ0) is 18.7. The molecule has 27 heavy (non-hydrogen) atoms. The quantitative estimate of drug-likeness (QED) is 0.718. The molecule has 3 atom stereocenters. The molecule has 3 heterocycles. The van der Waals surface area contributed by atoms with Gasteiger partial charge in [-0.15, -0.1) is 0 Å². The molecule has 8 heteroatoms. The van der Waals surface area contributed by atoms with Gasteiger partial charge in [0.15, 0.2) is 0 Å². The van der Waals surface area contributed by atoms with Crippen LogP contribution in [0.5, 0.6) is 0 Å². The highest BCUT2D eigenvalue weighted by molar-refractivity contribution is 5.82. The molecule has 3 unspecified atom stereocenters. The van der Waals surface area contributed by atoms with Crippen LogP contribution in [0.4, 0.5) is 10.1 Å². The predicted molar refractivity (Wildman–Crippen MR) is 98.6 cm³/mol. The van der Waals surface area contributed by atoms with E-state index in [1.165, 1.54) is 12.1 Å². The van der Waals surface area contributed by atoms with Crippen LogP contribution in [0.3, 0.4) is 0 Å². The summed E-state index contributed by atoms with van der Waals surface area (Å²) >= 11 is 0. The number of carbonyl (C=O) groups excluding carboxylic acids is 1. The first-order chi connectivity index (χ1) is 13.1. The molecule has 1 spiro atoms. The van der Waals surface area contributed by atoms with Gasteiger partial charge in [0, 0.05) is 31.2 Å². The summed E-state index contributed by atoms with van der Waals surface area (Å²) in [6, 6.07) is 6.29. The second-order valence-corrected chi connectivity index (χ2v) is 7.68. The van der Waals surface area contributed by atoms with Crippen molar-refractivity contribution in [1.82, 2.24) is 15.8 Å². The van der Waals surface area contributed by atoms with Gasteiger partial charge < -0.3 is 19.7 Å². The molecule has 3 fully saturated rings. The molecule has 3 saturated heterocycles. The Labute approximate surface area is 158 Å². The van der Waals surface area contributed by atoms with Crippen LogP contribution < -0.4 is 16.2 Å². The second-order valence-electron chi connectivity index (χ2n) is 7.68. The molecule has 0 aromatic heterocycles. The van der Waals surface area contributed by atoms with Crippen LogP contribution in [-0.2, 0) is 14.3 Å². The van der Waals surface area contributed by atoms with Crippen molar-refractivity contribution < 1.29 is 18.7 Å². The van der Waals surface area contributed by atoms with Crippen LogP contribution in [0.1, 0.15) is 12.8 Å². The van der Waals surface area contributed by atoms with Crippen molar-refractivity contribution in [3.63, 3.8) is 0 Å². The summed E-state index contributed by atoms with van der Waals surface area (Å²) in [5, 5.41) is 3.28. The summed E-state index contributed by atoms with van der Waals surface area (Å²) in [6.45, 7) is 4.29. The molecule has 1 aromatic carbocycles. The maximum atomic E-state index is 13.3. The summed E-state index contributed by atoms with van der Waals surface area (Å²) in [6.07, 6.45) is 1.61. The van der Waals surface area contributed by atoms with Gasteiger partial charge in [-0.1, -0.05) is 6.07 Å². The minimum Gasteiger partial charge on any atom is -0.385 e. The number of hydrazine groups is 1. The van der Waals surface area contributed by atoms with Gasteiger partial charge in [-0.3, -0.25) is 10.2 Å². The fourth-order valence-electron chi connectivity index (χ4n) is 4.12. The van der Waals surface area contributed by atoms with E-state index in [1.54, 1.807) is 6.07 Å². The van der Waals surface area contributed by atoms with Gasteiger partial charge >= 0.3 is 0 Å². The highest BCUT2D eigenvalue weighted by Crippen LogP contribution is 2.33. The number of halogens is 1. The lowest BCUT2D eigenvalue weighted by atomic mass is 9.94. The maximum absolute atomic E-state index is 13.3. The lowest BCUT2D eigenvalue weighted by Gasteiger charge is -2.32. The van der Waals surface area contributed by atoms with Gasteiger partial charge in [-0.2, -0.15) is 0 Å². The summed E-state index contributed by atoms with van der Waals surface area (Å²) in [5.41, 5.74) is 6.38. The van der Waals surface area contributed by atoms with Crippen LogP contribution in [0.25, 0.3) is 0 Å². The monoisotopic (exact) mass is 378 g/mol. The van der Waals surface area contributed by atoms with E-state index in [-0.39, 0.29) is 23.7 Å². The standard InChI is InChI=1S/C19H27FN4O3/c20-15-2-1-3-16(8-15)21-10-14-9-19(27-11-14)12-24(6-7-26-13-19)18(25)17-4-5-22-23-17/h1-3,8,14,17,21-23H,4-7,9-13H2. The first-order valence-corrected chi connectivity index (χ1v) is 9.62. The first kappa shape index (κ1) is 18.6. The Balaban J connectivity index is 1.35. The van der Waals surface area contributed by atoms with E-state index in [0.717, 1.165) is 25.1 Å². The normalized spacial score (nSPS) is 31.2. The Bertz CT molecular complexity index is 670. The van der Waals surface area contributed by atoms with E-state index in [0.29, 0.717) is 39.5 Å². The largest absolute Gasteiger partial charge is 0.385 e. The number of amides is 1. The Morgan fingerprint density at radius 3 is 3.19 bits per heavy atom. The molecule has 0 radical (unpaired) electrons. The van der Waals surface area contributed by atoms with Crippen molar-refractivity contribution in [1.29, 1.82) is 0 Å². The number of ether oxygens (including phenoxy) is 2. The second kappa shape index (κ2) is 8.10. The Kier molecular flexibility index (Phi) is 5.58. The fourth-order valence-corrected chi connectivity index (χ4v) is 4.12. The molecule has 1 amide bonds. The minimum absolute atomic E-state index is 0.106. The number of hydrogen-bond acceptors (Lipinski definition) is 6. The highest BCUT2D eigenvalue weighted by atomic mass is 19.1. The Morgan fingerprint density at radius 1 is 1.44 bits per heavy atom. The summed E-state index contributed by atoms with van der Waals surface area (Å²) in [7, 11) is 0. The third kappa shape index (κ3) is 4.40. The Morgan fingerprint density at radius 2 is 2.37 bits per heavy atom. The van der Waals surface area contributed by atoms with E-state index < -0.39 is 5.60 Å². The van der Waals surface area contributed by atoms with Gasteiger partial charge in [-0.25, -0.2) is 9.82 Å². The lowest BCUT2D eigenvalue weighted by molar-refractivity contribution is -0.136. The lowest BCUT2D eigenvalue weighted by Crippen LogP contribution is -2.51. The Hall–Kier alpha value is -1.74. The predicted octanol–water partition coefficient (Wildman–Crippen LogP) is 0.738. The number of anilines is 1. The zero-order valence-corrected chi connectivity index (χ0v) is 15.4. The van der Waals surface area contributed by atoms with Crippen LogP contribution in [0, 0.1) is 11.7 Å². The van der Waals surface area contributed by atoms with Gasteiger partial charge in [0.1, 0.15) is 17.5 Å².